The van der Waals surface area contributed by atoms with Gasteiger partial charge < -0.3 is 14.6 Å². The Kier molecular flexibility index (Phi) is 2.90. The molecule has 0 fully saturated rings. The first-order chi connectivity index (χ1) is 8.84. The maximum Gasteiger partial charge on any atom is 0.163 e. The standard InChI is InChI=1S/C15H14O3/c16-15-12-8-4-5-9-13(12)17-10-14(15)18-11-6-2-1-3-7-11/h1-9,14-16H,10H2. The Morgan fingerprint density at radius 2 is 1.72 bits per heavy atom. The monoisotopic (exact) mass is 242 g/mol. The zero-order chi connectivity index (χ0) is 12.4. The molecule has 0 aliphatic carbocycles. The number of aliphatic hydroxyl groups excluding tert-OH is 1. The van der Waals surface area contributed by atoms with Crippen molar-refractivity contribution in [3.8, 4) is 11.5 Å². The lowest BCUT2D eigenvalue weighted by molar-refractivity contribution is -0.0102. The summed E-state index contributed by atoms with van der Waals surface area (Å²) in [7, 11) is 0. The highest BCUT2D eigenvalue weighted by molar-refractivity contribution is 5.37. The van der Waals surface area contributed by atoms with Gasteiger partial charge in [0.05, 0.1) is 0 Å². The van der Waals surface area contributed by atoms with E-state index in [2.05, 4.69) is 0 Å². The number of hydrogen-bond acceptors (Lipinski definition) is 3. The fourth-order valence-corrected chi connectivity index (χ4v) is 2.09. The molecule has 0 amide bonds. The fraction of sp³-hybridized carbons (Fsp3) is 0.200. The van der Waals surface area contributed by atoms with E-state index in [1.807, 2.05) is 54.6 Å². The molecule has 3 rings (SSSR count). The topological polar surface area (TPSA) is 38.7 Å². The zero-order valence-electron chi connectivity index (χ0n) is 9.82. The third kappa shape index (κ3) is 2.05. The van der Waals surface area contributed by atoms with Crippen LogP contribution in [0.25, 0.3) is 0 Å². The predicted molar refractivity (Wildman–Crippen MR) is 67.8 cm³/mol. The van der Waals surface area contributed by atoms with Gasteiger partial charge in [-0.25, -0.2) is 0 Å². The second kappa shape index (κ2) is 4.70. The summed E-state index contributed by atoms with van der Waals surface area (Å²) in [6.45, 7) is 0.354. The average molecular weight is 242 g/mol. The fourth-order valence-electron chi connectivity index (χ4n) is 2.09. The maximum absolute atomic E-state index is 10.3. The molecule has 2 aromatic carbocycles. The molecule has 18 heavy (non-hydrogen) atoms. The minimum absolute atomic E-state index is 0.354. The van der Waals surface area contributed by atoms with Crippen molar-refractivity contribution in [2.45, 2.75) is 12.2 Å². The molecule has 2 atom stereocenters. The maximum atomic E-state index is 10.3. The summed E-state index contributed by atoms with van der Waals surface area (Å²) < 4.78 is 11.3. The van der Waals surface area contributed by atoms with Crippen molar-refractivity contribution < 1.29 is 14.6 Å². The highest BCUT2D eigenvalue weighted by Crippen LogP contribution is 2.33. The van der Waals surface area contributed by atoms with E-state index in [0.717, 1.165) is 17.1 Å². The third-order valence-electron chi connectivity index (χ3n) is 3.02. The lowest BCUT2D eigenvalue weighted by atomic mass is 10.0. The van der Waals surface area contributed by atoms with Gasteiger partial charge in [0.25, 0.3) is 0 Å². The molecule has 1 aliphatic heterocycles. The Hall–Kier alpha value is -2.00. The second-order valence-electron chi connectivity index (χ2n) is 4.26. The summed E-state index contributed by atoms with van der Waals surface area (Å²) in [6.07, 6.45) is -1.03. The van der Waals surface area contributed by atoms with Crippen molar-refractivity contribution in [1.82, 2.24) is 0 Å². The van der Waals surface area contributed by atoms with Crippen LogP contribution in [-0.2, 0) is 0 Å². The summed E-state index contributed by atoms with van der Waals surface area (Å²) in [6, 6.07) is 17.0. The molecular weight excluding hydrogens is 228 g/mol. The van der Waals surface area contributed by atoms with E-state index < -0.39 is 6.10 Å². The second-order valence-corrected chi connectivity index (χ2v) is 4.26. The summed E-state index contributed by atoms with van der Waals surface area (Å²) in [5, 5.41) is 10.3. The number of fused-ring (bicyclic) bond motifs is 1. The Morgan fingerprint density at radius 3 is 2.56 bits per heavy atom. The van der Waals surface area contributed by atoms with Gasteiger partial charge in [-0.3, -0.25) is 0 Å². The first-order valence-corrected chi connectivity index (χ1v) is 5.96. The minimum Gasteiger partial charge on any atom is -0.489 e. The third-order valence-corrected chi connectivity index (χ3v) is 3.02. The normalized spacial score (nSPS) is 21.8. The van der Waals surface area contributed by atoms with Crippen LogP contribution in [0.1, 0.15) is 11.7 Å². The van der Waals surface area contributed by atoms with E-state index >= 15 is 0 Å². The molecule has 0 spiro atoms. The van der Waals surface area contributed by atoms with Gasteiger partial charge in [-0.15, -0.1) is 0 Å². The molecule has 1 aliphatic rings. The molecule has 3 heteroatoms. The van der Waals surface area contributed by atoms with Gasteiger partial charge in [-0.2, -0.15) is 0 Å². The molecule has 92 valence electrons. The largest absolute Gasteiger partial charge is 0.489 e. The average Bonchev–Trinajstić information content (AvgIpc) is 2.43. The lowest BCUT2D eigenvalue weighted by Crippen LogP contribution is -2.35. The first-order valence-electron chi connectivity index (χ1n) is 5.96. The van der Waals surface area contributed by atoms with Crippen LogP contribution in [0, 0.1) is 0 Å². The van der Waals surface area contributed by atoms with Crippen molar-refractivity contribution in [2.75, 3.05) is 6.61 Å². The van der Waals surface area contributed by atoms with Crippen LogP contribution in [-0.4, -0.2) is 17.8 Å². The molecule has 0 aromatic heterocycles. The molecule has 0 radical (unpaired) electrons. The number of hydrogen-bond donors (Lipinski definition) is 1. The van der Waals surface area contributed by atoms with E-state index in [4.69, 9.17) is 9.47 Å². The first kappa shape index (κ1) is 11.1. The summed E-state index contributed by atoms with van der Waals surface area (Å²) in [5.74, 6) is 1.47. The van der Waals surface area contributed by atoms with E-state index in [1.54, 1.807) is 0 Å². The van der Waals surface area contributed by atoms with Crippen LogP contribution < -0.4 is 9.47 Å². The van der Waals surface area contributed by atoms with Gasteiger partial charge in [0.1, 0.15) is 24.2 Å². The molecular formula is C15H14O3. The number of benzene rings is 2. The van der Waals surface area contributed by atoms with E-state index in [9.17, 15) is 5.11 Å². The Balaban J connectivity index is 1.81. The predicted octanol–water partition coefficient (Wildman–Crippen LogP) is 2.56. The smallest absolute Gasteiger partial charge is 0.163 e. The zero-order valence-corrected chi connectivity index (χ0v) is 9.82. The van der Waals surface area contributed by atoms with Gasteiger partial charge >= 0.3 is 0 Å². The van der Waals surface area contributed by atoms with E-state index in [-0.39, 0.29) is 6.10 Å². The number of para-hydroxylation sites is 2. The SMILES string of the molecule is OC1c2ccccc2OCC1Oc1ccccc1. The van der Waals surface area contributed by atoms with Crippen molar-refractivity contribution >= 4 is 0 Å². The molecule has 2 aromatic rings. The minimum atomic E-state index is -0.657. The van der Waals surface area contributed by atoms with Crippen LogP contribution in [0.2, 0.25) is 0 Å². The van der Waals surface area contributed by atoms with Gasteiger partial charge in [0.2, 0.25) is 0 Å². The molecule has 1 heterocycles. The van der Waals surface area contributed by atoms with Crippen LogP contribution in [0.15, 0.2) is 54.6 Å². The summed E-state index contributed by atoms with van der Waals surface area (Å²) >= 11 is 0. The lowest BCUT2D eigenvalue weighted by Gasteiger charge is -2.30. The van der Waals surface area contributed by atoms with Crippen LogP contribution >= 0.6 is 0 Å². The Labute approximate surface area is 106 Å². The molecule has 2 unspecified atom stereocenters. The van der Waals surface area contributed by atoms with Gasteiger partial charge in [0, 0.05) is 5.56 Å². The Morgan fingerprint density at radius 1 is 1.00 bits per heavy atom. The van der Waals surface area contributed by atoms with Crippen LogP contribution in [0.4, 0.5) is 0 Å². The number of aliphatic hydroxyl groups is 1. The molecule has 0 bridgehead atoms. The number of rotatable bonds is 2. The van der Waals surface area contributed by atoms with Crippen LogP contribution in [0.3, 0.4) is 0 Å². The molecule has 3 nitrogen and oxygen atoms in total. The van der Waals surface area contributed by atoms with Gasteiger partial charge in [-0.05, 0) is 18.2 Å². The number of ether oxygens (including phenoxy) is 2. The quantitative estimate of drug-likeness (QED) is 0.879. The molecule has 0 saturated carbocycles. The van der Waals surface area contributed by atoms with Crippen molar-refractivity contribution in [3.05, 3.63) is 60.2 Å². The highest BCUT2D eigenvalue weighted by Gasteiger charge is 2.30. The highest BCUT2D eigenvalue weighted by atomic mass is 16.5. The summed E-state index contributed by atoms with van der Waals surface area (Å²) in [5.41, 5.74) is 0.782. The van der Waals surface area contributed by atoms with Crippen molar-refractivity contribution in [3.63, 3.8) is 0 Å². The van der Waals surface area contributed by atoms with E-state index in [1.165, 1.54) is 0 Å². The van der Waals surface area contributed by atoms with E-state index in [0.29, 0.717) is 6.61 Å². The van der Waals surface area contributed by atoms with Crippen molar-refractivity contribution in [1.29, 1.82) is 0 Å². The summed E-state index contributed by atoms with van der Waals surface area (Å²) in [4.78, 5) is 0. The molecule has 0 saturated heterocycles. The van der Waals surface area contributed by atoms with Crippen molar-refractivity contribution in [2.24, 2.45) is 0 Å². The Bertz CT molecular complexity index is 524. The molecule has 1 N–H and O–H groups in total. The van der Waals surface area contributed by atoms with Crippen LogP contribution in [0.5, 0.6) is 11.5 Å². The van der Waals surface area contributed by atoms with Gasteiger partial charge in [-0.1, -0.05) is 36.4 Å². The van der Waals surface area contributed by atoms with Gasteiger partial charge in [0.15, 0.2) is 6.10 Å².